The SMILES string of the molecule is Cc1nc(COc2ccc(NC(=O)C3CCCN3)cc2)no1.Cl. The zero-order chi connectivity index (χ0) is 15.4. The summed E-state index contributed by atoms with van der Waals surface area (Å²) in [6, 6.07) is 7.13. The van der Waals surface area contributed by atoms with E-state index in [2.05, 4.69) is 20.8 Å². The van der Waals surface area contributed by atoms with E-state index in [9.17, 15) is 4.79 Å². The van der Waals surface area contributed by atoms with E-state index in [1.807, 2.05) is 12.1 Å². The first-order valence-electron chi connectivity index (χ1n) is 7.27. The van der Waals surface area contributed by atoms with Crippen molar-refractivity contribution in [1.82, 2.24) is 15.5 Å². The number of ether oxygens (including phenoxy) is 1. The lowest BCUT2D eigenvalue weighted by Crippen LogP contribution is -2.35. The zero-order valence-corrected chi connectivity index (χ0v) is 13.6. The van der Waals surface area contributed by atoms with Gasteiger partial charge in [0.15, 0.2) is 6.61 Å². The molecular weight excluding hydrogens is 320 g/mol. The molecule has 1 aromatic heterocycles. The van der Waals surface area contributed by atoms with Gasteiger partial charge < -0.3 is 19.9 Å². The number of amides is 1. The summed E-state index contributed by atoms with van der Waals surface area (Å²) in [6.45, 7) is 2.88. The second kappa shape index (κ2) is 7.94. The molecule has 0 bridgehead atoms. The summed E-state index contributed by atoms with van der Waals surface area (Å²) in [5, 5.41) is 9.82. The van der Waals surface area contributed by atoms with Crippen molar-refractivity contribution in [2.75, 3.05) is 11.9 Å². The summed E-state index contributed by atoms with van der Waals surface area (Å²) in [4.78, 5) is 16.0. The Kier molecular flexibility index (Phi) is 5.95. The quantitative estimate of drug-likeness (QED) is 0.867. The zero-order valence-electron chi connectivity index (χ0n) is 12.7. The van der Waals surface area contributed by atoms with Gasteiger partial charge in [-0.3, -0.25) is 4.79 Å². The van der Waals surface area contributed by atoms with Gasteiger partial charge >= 0.3 is 0 Å². The topological polar surface area (TPSA) is 89.3 Å². The molecule has 1 atom stereocenters. The smallest absolute Gasteiger partial charge is 0.241 e. The maximum Gasteiger partial charge on any atom is 0.241 e. The molecule has 1 amide bonds. The van der Waals surface area contributed by atoms with Gasteiger partial charge in [-0.25, -0.2) is 0 Å². The van der Waals surface area contributed by atoms with Crippen LogP contribution in [0.5, 0.6) is 5.75 Å². The molecule has 1 aromatic carbocycles. The normalized spacial score (nSPS) is 16.7. The number of benzene rings is 1. The van der Waals surface area contributed by atoms with Crippen LogP contribution in [0.4, 0.5) is 5.69 Å². The lowest BCUT2D eigenvalue weighted by Gasteiger charge is -2.11. The number of nitrogens with one attached hydrogen (secondary N) is 2. The van der Waals surface area contributed by atoms with Gasteiger partial charge in [0.2, 0.25) is 17.6 Å². The standard InChI is InChI=1S/C15H18N4O3.ClH/c1-10-17-14(19-22-10)9-21-12-6-4-11(5-7-12)18-15(20)13-3-2-8-16-13;/h4-7,13,16H,2-3,8-9H2,1H3,(H,18,20);1H. The van der Waals surface area contributed by atoms with Crippen LogP contribution in [0.25, 0.3) is 0 Å². The fourth-order valence-electron chi connectivity index (χ4n) is 2.32. The number of aromatic nitrogens is 2. The summed E-state index contributed by atoms with van der Waals surface area (Å²) in [5.74, 6) is 1.70. The number of rotatable bonds is 5. The first-order valence-corrected chi connectivity index (χ1v) is 7.27. The summed E-state index contributed by atoms with van der Waals surface area (Å²) in [6.07, 6.45) is 1.93. The molecule has 1 aliphatic heterocycles. The van der Waals surface area contributed by atoms with E-state index in [0.29, 0.717) is 17.5 Å². The average molecular weight is 339 g/mol. The number of carbonyl (C=O) groups excluding carboxylic acids is 1. The van der Waals surface area contributed by atoms with Gasteiger partial charge in [-0.05, 0) is 43.7 Å². The molecule has 3 rings (SSSR count). The van der Waals surface area contributed by atoms with E-state index in [4.69, 9.17) is 9.26 Å². The molecule has 0 radical (unpaired) electrons. The third kappa shape index (κ3) is 4.67. The number of aryl methyl sites for hydroxylation is 1. The Morgan fingerprint density at radius 3 is 2.83 bits per heavy atom. The number of carbonyl (C=O) groups is 1. The monoisotopic (exact) mass is 338 g/mol. The average Bonchev–Trinajstić information content (AvgIpc) is 3.18. The summed E-state index contributed by atoms with van der Waals surface area (Å²) in [5.41, 5.74) is 0.751. The summed E-state index contributed by atoms with van der Waals surface area (Å²) >= 11 is 0. The molecule has 23 heavy (non-hydrogen) atoms. The Morgan fingerprint density at radius 1 is 1.43 bits per heavy atom. The molecule has 8 heteroatoms. The Bertz CT molecular complexity index is 638. The molecule has 124 valence electrons. The van der Waals surface area contributed by atoms with E-state index >= 15 is 0 Å². The van der Waals surface area contributed by atoms with Crippen LogP contribution in [0.3, 0.4) is 0 Å². The minimum atomic E-state index is -0.0857. The molecule has 0 aliphatic carbocycles. The van der Waals surface area contributed by atoms with Crippen molar-refractivity contribution in [3.8, 4) is 5.75 Å². The maximum atomic E-state index is 12.0. The van der Waals surface area contributed by atoms with Crippen molar-refractivity contribution in [2.45, 2.75) is 32.4 Å². The molecule has 1 fully saturated rings. The second-order valence-electron chi connectivity index (χ2n) is 5.18. The third-order valence-corrected chi connectivity index (χ3v) is 3.44. The van der Waals surface area contributed by atoms with E-state index in [-0.39, 0.29) is 31.0 Å². The van der Waals surface area contributed by atoms with Crippen molar-refractivity contribution < 1.29 is 14.1 Å². The Labute approximate surface area is 140 Å². The van der Waals surface area contributed by atoms with Gasteiger partial charge in [0.05, 0.1) is 6.04 Å². The molecular formula is C15H19ClN4O3. The number of halogens is 1. The molecule has 7 nitrogen and oxygen atoms in total. The number of nitrogens with zero attached hydrogens (tertiary/aromatic N) is 2. The molecule has 1 aliphatic rings. The highest BCUT2D eigenvalue weighted by atomic mass is 35.5. The van der Waals surface area contributed by atoms with Gasteiger partial charge in [-0.15, -0.1) is 12.4 Å². The van der Waals surface area contributed by atoms with E-state index in [1.165, 1.54) is 0 Å². The van der Waals surface area contributed by atoms with Crippen molar-refractivity contribution in [2.24, 2.45) is 0 Å². The Hall–Kier alpha value is -2.12. The highest BCUT2D eigenvalue weighted by molar-refractivity contribution is 5.95. The molecule has 2 N–H and O–H groups in total. The van der Waals surface area contributed by atoms with E-state index < -0.39 is 0 Å². The van der Waals surface area contributed by atoms with Crippen LogP contribution in [-0.4, -0.2) is 28.6 Å². The van der Waals surface area contributed by atoms with Gasteiger partial charge in [0, 0.05) is 12.6 Å². The predicted molar refractivity (Wildman–Crippen MR) is 86.7 cm³/mol. The third-order valence-electron chi connectivity index (χ3n) is 3.44. The van der Waals surface area contributed by atoms with Gasteiger partial charge in [0.25, 0.3) is 0 Å². The Balaban J connectivity index is 0.00000192. The molecule has 2 aromatic rings. The van der Waals surface area contributed by atoms with Crippen molar-refractivity contribution >= 4 is 24.0 Å². The minimum absolute atomic E-state index is 0. The highest BCUT2D eigenvalue weighted by Crippen LogP contribution is 2.17. The highest BCUT2D eigenvalue weighted by Gasteiger charge is 2.21. The molecule has 2 heterocycles. The predicted octanol–water partition coefficient (Wildman–Crippen LogP) is 2.07. The largest absolute Gasteiger partial charge is 0.485 e. The number of hydrogen-bond acceptors (Lipinski definition) is 6. The lowest BCUT2D eigenvalue weighted by molar-refractivity contribution is -0.117. The molecule has 1 saturated heterocycles. The van der Waals surface area contributed by atoms with Crippen molar-refractivity contribution in [3.63, 3.8) is 0 Å². The first-order chi connectivity index (χ1) is 10.7. The van der Waals surface area contributed by atoms with Gasteiger partial charge in [-0.2, -0.15) is 4.98 Å². The fourth-order valence-corrected chi connectivity index (χ4v) is 2.32. The van der Waals surface area contributed by atoms with E-state index in [0.717, 1.165) is 25.1 Å². The fraction of sp³-hybridized carbons (Fsp3) is 0.400. The summed E-state index contributed by atoms with van der Waals surface area (Å²) in [7, 11) is 0. The van der Waals surface area contributed by atoms with Crippen molar-refractivity contribution in [1.29, 1.82) is 0 Å². The van der Waals surface area contributed by atoms with Crippen LogP contribution in [0.15, 0.2) is 28.8 Å². The number of anilines is 1. The van der Waals surface area contributed by atoms with Crippen LogP contribution in [0.2, 0.25) is 0 Å². The first kappa shape index (κ1) is 17.2. The summed E-state index contributed by atoms with van der Waals surface area (Å²) < 4.78 is 10.4. The van der Waals surface area contributed by atoms with Gasteiger partial charge in [0.1, 0.15) is 5.75 Å². The van der Waals surface area contributed by atoms with Crippen LogP contribution in [0.1, 0.15) is 24.6 Å². The second-order valence-corrected chi connectivity index (χ2v) is 5.18. The molecule has 0 spiro atoms. The Morgan fingerprint density at radius 2 is 2.22 bits per heavy atom. The molecule has 0 saturated carbocycles. The molecule has 1 unspecified atom stereocenters. The van der Waals surface area contributed by atoms with E-state index in [1.54, 1.807) is 19.1 Å². The van der Waals surface area contributed by atoms with Crippen LogP contribution >= 0.6 is 12.4 Å². The lowest BCUT2D eigenvalue weighted by atomic mass is 10.2. The van der Waals surface area contributed by atoms with Gasteiger partial charge in [-0.1, -0.05) is 5.16 Å². The van der Waals surface area contributed by atoms with Crippen LogP contribution < -0.4 is 15.4 Å². The van der Waals surface area contributed by atoms with Crippen LogP contribution in [0, 0.1) is 6.92 Å². The van der Waals surface area contributed by atoms with Crippen molar-refractivity contribution in [3.05, 3.63) is 36.0 Å². The maximum absolute atomic E-state index is 12.0. The minimum Gasteiger partial charge on any atom is -0.485 e. The number of hydrogen-bond donors (Lipinski definition) is 2. The van der Waals surface area contributed by atoms with Crippen LogP contribution in [-0.2, 0) is 11.4 Å².